The van der Waals surface area contributed by atoms with Gasteiger partial charge in [0, 0.05) is 10.5 Å². The molecule has 0 unspecified atom stereocenters. The zero-order valence-corrected chi connectivity index (χ0v) is 12.9. The molecule has 0 atom stereocenters. The Morgan fingerprint density at radius 3 is 2.52 bits per heavy atom. The number of nitrogen functional groups attached to an aromatic ring is 1. The Morgan fingerprint density at radius 2 is 1.81 bits per heavy atom. The molecular weight excluding hydrogens is 332 g/mol. The average molecular weight is 345 g/mol. The highest BCUT2D eigenvalue weighted by atomic mass is 79.9. The maximum atomic E-state index is 5.97. The lowest BCUT2D eigenvalue weighted by Gasteiger charge is -2.11. The number of hydrogen-bond donors (Lipinski definition) is 2. The van der Waals surface area contributed by atoms with Crippen LogP contribution in [-0.2, 0) is 0 Å². The smallest absolute Gasteiger partial charge is 0.174 e. The highest BCUT2D eigenvalue weighted by Gasteiger charge is 2.09. The number of nitrogens with one attached hydrogen (secondary N) is 1. The third-order valence-electron chi connectivity index (χ3n) is 3.02. The number of anilines is 3. The molecule has 21 heavy (non-hydrogen) atoms. The van der Waals surface area contributed by atoms with Crippen molar-refractivity contribution in [2.24, 2.45) is 0 Å². The fourth-order valence-corrected chi connectivity index (χ4v) is 2.31. The summed E-state index contributed by atoms with van der Waals surface area (Å²) in [6, 6.07) is 13.2. The van der Waals surface area contributed by atoms with Gasteiger partial charge in [-0.1, -0.05) is 12.1 Å². The number of nitrogens with zero attached hydrogens (tertiary/aromatic N) is 2. The number of halogens is 1. The summed E-state index contributed by atoms with van der Waals surface area (Å²) >= 11 is 3.48. The monoisotopic (exact) mass is 344 g/mol. The van der Waals surface area contributed by atoms with Crippen molar-refractivity contribution in [2.45, 2.75) is 0 Å². The van der Waals surface area contributed by atoms with E-state index in [1.807, 2.05) is 42.5 Å². The molecule has 6 heteroatoms. The van der Waals surface area contributed by atoms with Gasteiger partial charge in [-0.3, -0.25) is 0 Å². The largest absolute Gasteiger partial charge is 0.497 e. The molecule has 0 amide bonds. The molecule has 1 aromatic heterocycles. The van der Waals surface area contributed by atoms with Gasteiger partial charge in [-0.15, -0.1) is 0 Å². The van der Waals surface area contributed by atoms with Crippen LogP contribution in [0.1, 0.15) is 0 Å². The summed E-state index contributed by atoms with van der Waals surface area (Å²) in [5.41, 5.74) is 8.34. The number of nitrogens with two attached hydrogens (primary N) is 1. The van der Waals surface area contributed by atoms with Crippen LogP contribution in [0.3, 0.4) is 0 Å². The molecule has 3 aromatic rings. The molecule has 0 spiro atoms. The van der Waals surface area contributed by atoms with Gasteiger partial charge in [0.1, 0.15) is 5.75 Å². The van der Waals surface area contributed by atoms with Crippen molar-refractivity contribution in [3.05, 3.63) is 46.9 Å². The summed E-state index contributed by atoms with van der Waals surface area (Å²) in [6.07, 6.45) is 0. The quantitative estimate of drug-likeness (QED) is 0.757. The lowest BCUT2D eigenvalue weighted by molar-refractivity contribution is 0.415. The van der Waals surface area contributed by atoms with Crippen LogP contribution in [0.15, 0.2) is 46.9 Å². The molecule has 3 rings (SSSR count). The minimum Gasteiger partial charge on any atom is -0.497 e. The molecule has 0 aliphatic carbocycles. The van der Waals surface area contributed by atoms with E-state index in [0.717, 1.165) is 26.9 Å². The number of para-hydroxylation sites is 2. The van der Waals surface area contributed by atoms with Gasteiger partial charge in [0.25, 0.3) is 0 Å². The van der Waals surface area contributed by atoms with Gasteiger partial charge in [0.05, 0.1) is 23.8 Å². The van der Waals surface area contributed by atoms with Gasteiger partial charge in [0.2, 0.25) is 0 Å². The van der Waals surface area contributed by atoms with E-state index in [4.69, 9.17) is 10.5 Å². The van der Waals surface area contributed by atoms with Crippen LogP contribution in [0.25, 0.3) is 11.0 Å². The van der Waals surface area contributed by atoms with Crippen LogP contribution in [0.4, 0.5) is 17.3 Å². The normalized spacial score (nSPS) is 10.6. The van der Waals surface area contributed by atoms with Crippen molar-refractivity contribution in [2.75, 3.05) is 18.2 Å². The third kappa shape index (κ3) is 2.75. The van der Waals surface area contributed by atoms with Gasteiger partial charge in [-0.25, -0.2) is 9.97 Å². The SMILES string of the molecule is COc1ccc(Br)c(Nc2nc3ccccc3nc2N)c1. The minimum atomic E-state index is 0.350. The van der Waals surface area contributed by atoms with Crippen LogP contribution in [0.5, 0.6) is 5.75 Å². The number of methoxy groups -OCH3 is 1. The molecule has 0 aliphatic heterocycles. The molecule has 2 aromatic carbocycles. The molecule has 0 fully saturated rings. The van der Waals surface area contributed by atoms with E-state index in [2.05, 4.69) is 31.2 Å². The molecule has 0 saturated heterocycles. The molecule has 3 N–H and O–H groups in total. The zero-order chi connectivity index (χ0) is 14.8. The van der Waals surface area contributed by atoms with Gasteiger partial charge in [-0.05, 0) is 40.2 Å². The number of fused-ring (bicyclic) bond motifs is 1. The van der Waals surface area contributed by atoms with E-state index in [9.17, 15) is 0 Å². The highest BCUT2D eigenvalue weighted by Crippen LogP contribution is 2.31. The first-order valence-corrected chi connectivity index (χ1v) is 7.09. The summed E-state index contributed by atoms with van der Waals surface area (Å²) in [7, 11) is 1.62. The Hall–Kier alpha value is -2.34. The van der Waals surface area contributed by atoms with Gasteiger partial charge in [0.15, 0.2) is 11.6 Å². The standard InChI is InChI=1S/C15H13BrN4O/c1-21-9-6-7-10(16)13(8-9)20-15-14(17)18-11-4-2-3-5-12(11)19-15/h2-8H,1H3,(H2,17,18)(H,19,20). The molecule has 0 radical (unpaired) electrons. The molecule has 1 heterocycles. The van der Waals surface area contributed by atoms with Crippen LogP contribution in [-0.4, -0.2) is 17.1 Å². The number of benzene rings is 2. The average Bonchev–Trinajstić information content (AvgIpc) is 2.50. The zero-order valence-electron chi connectivity index (χ0n) is 11.3. The summed E-state index contributed by atoms with van der Waals surface area (Å²) in [5, 5.41) is 3.18. The molecule has 0 aliphatic rings. The lowest BCUT2D eigenvalue weighted by atomic mass is 10.3. The second-order valence-corrected chi connectivity index (χ2v) is 5.27. The molecule has 5 nitrogen and oxygen atoms in total. The van der Waals surface area contributed by atoms with Gasteiger partial charge >= 0.3 is 0 Å². The first-order chi connectivity index (χ1) is 10.2. The lowest BCUT2D eigenvalue weighted by Crippen LogP contribution is -2.03. The Labute approximate surface area is 130 Å². The first-order valence-electron chi connectivity index (χ1n) is 6.30. The van der Waals surface area contributed by atoms with E-state index >= 15 is 0 Å². The predicted molar refractivity (Wildman–Crippen MR) is 87.9 cm³/mol. The second-order valence-electron chi connectivity index (χ2n) is 4.42. The molecule has 0 saturated carbocycles. The van der Waals surface area contributed by atoms with E-state index < -0.39 is 0 Å². The number of aromatic nitrogens is 2. The van der Waals surface area contributed by atoms with Gasteiger partial charge in [-0.2, -0.15) is 0 Å². The molecule has 106 valence electrons. The van der Waals surface area contributed by atoms with Crippen molar-refractivity contribution in [3.63, 3.8) is 0 Å². The fourth-order valence-electron chi connectivity index (χ4n) is 1.96. The summed E-state index contributed by atoms with van der Waals surface area (Å²) in [4.78, 5) is 8.86. The van der Waals surface area contributed by atoms with Crippen molar-refractivity contribution in [1.29, 1.82) is 0 Å². The maximum absolute atomic E-state index is 5.97. The Morgan fingerprint density at radius 1 is 1.10 bits per heavy atom. The number of rotatable bonds is 3. The highest BCUT2D eigenvalue weighted by molar-refractivity contribution is 9.10. The topological polar surface area (TPSA) is 73.1 Å². The molecular formula is C15H13BrN4O. The van der Waals surface area contributed by atoms with Crippen molar-refractivity contribution in [3.8, 4) is 5.75 Å². The Kier molecular flexibility index (Phi) is 3.62. The molecule has 0 bridgehead atoms. The fraction of sp³-hybridized carbons (Fsp3) is 0.0667. The van der Waals surface area contributed by atoms with Gasteiger partial charge < -0.3 is 15.8 Å². The number of ether oxygens (including phenoxy) is 1. The van der Waals surface area contributed by atoms with Crippen LogP contribution in [0.2, 0.25) is 0 Å². The van der Waals surface area contributed by atoms with Crippen LogP contribution < -0.4 is 15.8 Å². The minimum absolute atomic E-state index is 0.350. The maximum Gasteiger partial charge on any atom is 0.174 e. The van der Waals surface area contributed by atoms with Crippen molar-refractivity contribution < 1.29 is 4.74 Å². The predicted octanol–water partition coefficient (Wildman–Crippen LogP) is 3.73. The summed E-state index contributed by atoms with van der Waals surface area (Å²) in [6.45, 7) is 0. The van der Waals surface area contributed by atoms with E-state index in [-0.39, 0.29) is 0 Å². The van der Waals surface area contributed by atoms with Crippen LogP contribution >= 0.6 is 15.9 Å². The summed E-state index contributed by atoms with van der Waals surface area (Å²) in [5.74, 6) is 1.61. The summed E-state index contributed by atoms with van der Waals surface area (Å²) < 4.78 is 6.11. The Bertz CT molecular complexity index is 807. The van der Waals surface area contributed by atoms with Crippen molar-refractivity contribution >= 4 is 44.3 Å². The van der Waals surface area contributed by atoms with Crippen molar-refractivity contribution in [1.82, 2.24) is 9.97 Å². The van der Waals surface area contributed by atoms with Crippen LogP contribution in [0, 0.1) is 0 Å². The Balaban J connectivity index is 2.03. The second kappa shape index (κ2) is 5.57. The van der Waals surface area contributed by atoms with E-state index in [1.54, 1.807) is 7.11 Å². The third-order valence-corrected chi connectivity index (χ3v) is 3.72. The van der Waals surface area contributed by atoms with E-state index in [0.29, 0.717) is 11.6 Å². The van der Waals surface area contributed by atoms with E-state index in [1.165, 1.54) is 0 Å². The number of hydrogen-bond acceptors (Lipinski definition) is 5. The first kappa shape index (κ1) is 13.6.